The Bertz CT molecular complexity index is 716. The Kier molecular flexibility index (Phi) is 3.37. The quantitative estimate of drug-likeness (QED) is 0.762. The van der Waals surface area contributed by atoms with Crippen molar-refractivity contribution in [1.29, 1.82) is 0 Å². The lowest BCUT2D eigenvalue weighted by Gasteiger charge is -2.07. The number of fused-ring (bicyclic) bond motifs is 1. The lowest BCUT2D eigenvalue weighted by molar-refractivity contribution is 0.993. The molecule has 0 radical (unpaired) electrons. The van der Waals surface area contributed by atoms with Crippen LogP contribution in [0, 0.1) is 13.8 Å². The summed E-state index contributed by atoms with van der Waals surface area (Å²) < 4.78 is 0. The fourth-order valence-corrected chi connectivity index (χ4v) is 2.36. The molecule has 2 N–H and O–H groups in total. The molecule has 0 fully saturated rings. The van der Waals surface area contributed by atoms with Crippen LogP contribution in [0.4, 0.5) is 5.82 Å². The van der Waals surface area contributed by atoms with Gasteiger partial charge in [-0.3, -0.25) is 0 Å². The zero-order valence-corrected chi connectivity index (χ0v) is 11.8. The maximum Gasteiger partial charge on any atom is 0.143 e. The van der Waals surface area contributed by atoms with Crippen LogP contribution in [0.3, 0.4) is 0 Å². The highest BCUT2D eigenvalue weighted by atomic mass is 15.0. The largest absolute Gasteiger partial charge is 0.369 e. The van der Waals surface area contributed by atoms with Gasteiger partial charge in [0.05, 0.1) is 5.39 Å². The Hall–Kier alpha value is -2.36. The van der Waals surface area contributed by atoms with Crippen molar-refractivity contribution in [3.8, 4) is 0 Å². The predicted octanol–water partition coefficient (Wildman–Crippen LogP) is 3.23. The fourth-order valence-electron chi connectivity index (χ4n) is 2.36. The first kappa shape index (κ1) is 12.7. The molecule has 102 valence electrons. The molecule has 0 aliphatic rings. The monoisotopic (exact) mass is 266 g/mol. The number of H-pyrrole nitrogens is 1. The highest BCUT2D eigenvalue weighted by Crippen LogP contribution is 2.21. The molecule has 4 heteroatoms. The van der Waals surface area contributed by atoms with Crippen LogP contribution in [0.2, 0.25) is 0 Å². The van der Waals surface area contributed by atoms with Crippen molar-refractivity contribution in [2.24, 2.45) is 0 Å². The molecular formula is C16H18N4. The molecule has 0 amide bonds. The van der Waals surface area contributed by atoms with Crippen LogP contribution in [-0.2, 0) is 6.42 Å². The Morgan fingerprint density at radius 2 is 1.90 bits per heavy atom. The summed E-state index contributed by atoms with van der Waals surface area (Å²) in [6, 6.07) is 12.5. The van der Waals surface area contributed by atoms with Crippen molar-refractivity contribution in [2.45, 2.75) is 20.3 Å². The summed E-state index contributed by atoms with van der Waals surface area (Å²) in [5.74, 6) is 1.69. The van der Waals surface area contributed by atoms with Crippen LogP contribution in [0.25, 0.3) is 11.0 Å². The minimum atomic E-state index is 0.779. The zero-order valence-electron chi connectivity index (χ0n) is 11.8. The summed E-state index contributed by atoms with van der Waals surface area (Å²) in [5.41, 5.74) is 3.33. The molecule has 0 spiro atoms. The summed E-state index contributed by atoms with van der Waals surface area (Å²) >= 11 is 0. The second-order valence-corrected chi connectivity index (χ2v) is 5.00. The Morgan fingerprint density at radius 3 is 2.70 bits per heavy atom. The van der Waals surface area contributed by atoms with Crippen LogP contribution >= 0.6 is 0 Å². The first-order chi connectivity index (χ1) is 9.72. The van der Waals surface area contributed by atoms with E-state index in [0.717, 1.165) is 41.3 Å². The van der Waals surface area contributed by atoms with Crippen LogP contribution in [0.15, 0.2) is 36.4 Å². The molecule has 3 rings (SSSR count). The standard InChI is InChI=1S/C16H18N4/c1-11-10-14-15(19-12(2)20-16(14)18-11)17-9-8-13-6-4-3-5-7-13/h3-7,10H,8-9H2,1-2H3,(H2,17,18,19,20). The molecule has 0 aliphatic heterocycles. The molecule has 0 aliphatic carbocycles. The van der Waals surface area contributed by atoms with Gasteiger partial charge in [0, 0.05) is 12.2 Å². The van der Waals surface area contributed by atoms with E-state index in [4.69, 9.17) is 0 Å². The van der Waals surface area contributed by atoms with E-state index in [-0.39, 0.29) is 0 Å². The number of aromatic amines is 1. The highest BCUT2D eigenvalue weighted by Gasteiger charge is 2.07. The van der Waals surface area contributed by atoms with Gasteiger partial charge in [0.1, 0.15) is 17.3 Å². The van der Waals surface area contributed by atoms with Crippen molar-refractivity contribution in [3.05, 3.63) is 53.5 Å². The smallest absolute Gasteiger partial charge is 0.143 e. The molecule has 3 aromatic rings. The number of hydrogen-bond acceptors (Lipinski definition) is 3. The van der Waals surface area contributed by atoms with Gasteiger partial charge >= 0.3 is 0 Å². The average molecular weight is 266 g/mol. The first-order valence-corrected chi connectivity index (χ1v) is 6.84. The van der Waals surface area contributed by atoms with Crippen LogP contribution in [-0.4, -0.2) is 21.5 Å². The normalized spacial score (nSPS) is 10.9. The SMILES string of the molecule is Cc1nc(NCCc2ccccc2)c2cc(C)[nH]c2n1. The fraction of sp³-hybridized carbons (Fsp3) is 0.250. The van der Waals surface area contributed by atoms with Crippen LogP contribution in [0.1, 0.15) is 17.1 Å². The highest BCUT2D eigenvalue weighted by molar-refractivity contribution is 5.87. The number of rotatable bonds is 4. The van der Waals surface area contributed by atoms with Crippen molar-refractivity contribution in [2.75, 3.05) is 11.9 Å². The van der Waals surface area contributed by atoms with Crippen LogP contribution < -0.4 is 5.32 Å². The van der Waals surface area contributed by atoms with E-state index in [1.54, 1.807) is 0 Å². The van der Waals surface area contributed by atoms with Crippen LogP contribution in [0.5, 0.6) is 0 Å². The predicted molar refractivity (Wildman–Crippen MR) is 82.0 cm³/mol. The van der Waals surface area contributed by atoms with Gasteiger partial charge in [0.25, 0.3) is 0 Å². The topological polar surface area (TPSA) is 53.6 Å². The van der Waals surface area contributed by atoms with Crippen molar-refractivity contribution in [1.82, 2.24) is 15.0 Å². The summed E-state index contributed by atoms with van der Waals surface area (Å²) in [6.07, 6.45) is 0.981. The maximum absolute atomic E-state index is 4.50. The van der Waals surface area contributed by atoms with Gasteiger partial charge in [-0.05, 0) is 31.9 Å². The molecule has 2 aromatic heterocycles. The van der Waals surface area contributed by atoms with Gasteiger partial charge in [-0.15, -0.1) is 0 Å². The summed E-state index contributed by atoms with van der Waals surface area (Å²) in [5, 5.41) is 4.48. The van der Waals surface area contributed by atoms with E-state index >= 15 is 0 Å². The average Bonchev–Trinajstić information content (AvgIpc) is 2.80. The third-order valence-electron chi connectivity index (χ3n) is 3.28. The Balaban J connectivity index is 1.77. The van der Waals surface area contributed by atoms with E-state index in [9.17, 15) is 0 Å². The lowest BCUT2D eigenvalue weighted by atomic mass is 10.1. The number of aromatic nitrogens is 3. The third-order valence-corrected chi connectivity index (χ3v) is 3.28. The van der Waals surface area contributed by atoms with Crippen molar-refractivity contribution >= 4 is 16.9 Å². The number of benzene rings is 1. The molecular weight excluding hydrogens is 248 g/mol. The number of aryl methyl sites for hydroxylation is 2. The molecule has 1 aromatic carbocycles. The van der Waals surface area contributed by atoms with Gasteiger partial charge in [-0.2, -0.15) is 0 Å². The van der Waals surface area contributed by atoms with Crippen molar-refractivity contribution < 1.29 is 0 Å². The first-order valence-electron chi connectivity index (χ1n) is 6.84. The van der Waals surface area contributed by atoms with Gasteiger partial charge in [-0.1, -0.05) is 30.3 Å². The van der Waals surface area contributed by atoms with E-state index in [1.807, 2.05) is 19.9 Å². The second kappa shape index (κ2) is 5.33. The Labute approximate surface area is 118 Å². The number of nitrogens with one attached hydrogen (secondary N) is 2. The summed E-state index contributed by atoms with van der Waals surface area (Å²) in [7, 11) is 0. The molecule has 0 bridgehead atoms. The number of nitrogens with zero attached hydrogens (tertiary/aromatic N) is 2. The molecule has 0 saturated carbocycles. The zero-order chi connectivity index (χ0) is 13.9. The van der Waals surface area contributed by atoms with E-state index in [0.29, 0.717) is 0 Å². The second-order valence-electron chi connectivity index (χ2n) is 5.00. The van der Waals surface area contributed by atoms with Gasteiger partial charge in [-0.25, -0.2) is 9.97 Å². The van der Waals surface area contributed by atoms with Crippen molar-refractivity contribution in [3.63, 3.8) is 0 Å². The van der Waals surface area contributed by atoms with Gasteiger partial charge < -0.3 is 10.3 Å². The Morgan fingerprint density at radius 1 is 1.10 bits per heavy atom. The molecule has 4 nitrogen and oxygen atoms in total. The minimum Gasteiger partial charge on any atom is -0.369 e. The maximum atomic E-state index is 4.50. The van der Waals surface area contributed by atoms with Gasteiger partial charge in [0.2, 0.25) is 0 Å². The summed E-state index contributed by atoms with van der Waals surface area (Å²) in [4.78, 5) is 12.2. The lowest BCUT2D eigenvalue weighted by Crippen LogP contribution is -2.07. The van der Waals surface area contributed by atoms with E-state index in [1.165, 1.54) is 5.56 Å². The number of anilines is 1. The minimum absolute atomic E-state index is 0.779. The molecule has 0 unspecified atom stereocenters. The third kappa shape index (κ3) is 2.64. The molecule has 0 saturated heterocycles. The summed E-state index contributed by atoms with van der Waals surface area (Å²) in [6.45, 7) is 4.81. The van der Waals surface area contributed by atoms with E-state index < -0.39 is 0 Å². The number of hydrogen-bond donors (Lipinski definition) is 2. The van der Waals surface area contributed by atoms with E-state index in [2.05, 4.69) is 50.6 Å². The molecule has 2 heterocycles. The molecule has 20 heavy (non-hydrogen) atoms. The van der Waals surface area contributed by atoms with Gasteiger partial charge in [0.15, 0.2) is 0 Å². The molecule has 0 atom stereocenters.